The summed E-state index contributed by atoms with van der Waals surface area (Å²) in [5.41, 5.74) is 0.295. The standard InChI is InChI=1S/C9H7FN2O2/c10-6-2-1-3-12-7(6)5-11-8(12)4-9(13)14/h1-3,5H,4H2,(H,13,14). The molecule has 0 fully saturated rings. The molecule has 1 N–H and O–H groups in total. The van der Waals surface area contributed by atoms with Gasteiger partial charge in [0.1, 0.15) is 23.6 Å². The fourth-order valence-corrected chi connectivity index (χ4v) is 1.31. The Morgan fingerprint density at radius 1 is 1.64 bits per heavy atom. The predicted molar refractivity (Wildman–Crippen MR) is 46.5 cm³/mol. The van der Waals surface area contributed by atoms with E-state index in [-0.39, 0.29) is 6.42 Å². The third-order valence-corrected chi connectivity index (χ3v) is 1.91. The lowest BCUT2D eigenvalue weighted by molar-refractivity contribution is -0.136. The lowest BCUT2D eigenvalue weighted by atomic mass is 10.4. The van der Waals surface area contributed by atoms with Gasteiger partial charge < -0.3 is 9.51 Å². The minimum atomic E-state index is -0.984. The molecule has 72 valence electrons. The topological polar surface area (TPSA) is 54.6 Å². The molecule has 2 aromatic heterocycles. The molecule has 5 heteroatoms. The van der Waals surface area contributed by atoms with Gasteiger partial charge in [-0.25, -0.2) is 9.37 Å². The quantitative estimate of drug-likeness (QED) is 0.778. The number of carbonyl (C=O) groups is 1. The van der Waals surface area contributed by atoms with Gasteiger partial charge in [-0.15, -0.1) is 0 Å². The van der Waals surface area contributed by atoms with Crippen LogP contribution in [0.5, 0.6) is 0 Å². The highest BCUT2D eigenvalue weighted by atomic mass is 19.1. The third kappa shape index (κ3) is 1.32. The van der Waals surface area contributed by atoms with Crippen molar-refractivity contribution in [1.82, 2.24) is 9.38 Å². The Balaban J connectivity index is 2.58. The van der Waals surface area contributed by atoms with Crippen molar-refractivity contribution >= 4 is 11.5 Å². The Labute approximate surface area is 78.6 Å². The van der Waals surface area contributed by atoms with Gasteiger partial charge in [-0.2, -0.15) is 0 Å². The molecule has 0 spiro atoms. The molecule has 2 rings (SSSR count). The minimum absolute atomic E-state index is 0.211. The van der Waals surface area contributed by atoms with E-state index in [2.05, 4.69) is 4.98 Å². The number of hydrogen-bond donors (Lipinski definition) is 1. The van der Waals surface area contributed by atoms with Gasteiger partial charge in [-0.05, 0) is 12.1 Å². The maximum Gasteiger partial charge on any atom is 0.311 e. The number of pyridine rings is 1. The molecule has 0 aliphatic carbocycles. The zero-order valence-corrected chi connectivity index (χ0v) is 7.14. The van der Waals surface area contributed by atoms with Crippen molar-refractivity contribution in [3.8, 4) is 0 Å². The molecule has 0 aliphatic heterocycles. The number of carboxylic acid groups (broad SMARTS) is 1. The number of imidazole rings is 1. The van der Waals surface area contributed by atoms with E-state index in [1.165, 1.54) is 22.7 Å². The van der Waals surface area contributed by atoms with Gasteiger partial charge >= 0.3 is 5.97 Å². The molecule has 0 saturated heterocycles. The summed E-state index contributed by atoms with van der Waals surface area (Å²) >= 11 is 0. The normalized spacial score (nSPS) is 10.6. The summed E-state index contributed by atoms with van der Waals surface area (Å²) in [4.78, 5) is 14.3. The van der Waals surface area contributed by atoms with Gasteiger partial charge in [-0.3, -0.25) is 4.79 Å². The Kier molecular flexibility index (Phi) is 1.92. The van der Waals surface area contributed by atoms with E-state index in [4.69, 9.17) is 5.11 Å². The van der Waals surface area contributed by atoms with Gasteiger partial charge in [-0.1, -0.05) is 0 Å². The van der Waals surface area contributed by atoms with Crippen molar-refractivity contribution in [3.05, 3.63) is 36.2 Å². The van der Waals surface area contributed by atoms with Gasteiger partial charge in [0, 0.05) is 6.20 Å². The first-order chi connectivity index (χ1) is 6.68. The maximum atomic E-state index is 13.1. The van der Waals surface area contributed by atoms with Gasteiger partial charge in [0.05, 0.1) is 6.20 Å². The Bertz CT molecular complexity index is 493. The largest absolute Gasteiger partial charge is 0.481 e. The zero-order valence-electron chi connectivity index (χ0n) is 7.14. The average molecular weight is 194 g/mol. The number of aliphatic carboxylic acids is 1. The molecule has 2 heterocycles. The van der Waals surface area contributed by atoms with Crippen LogP contribution in [-0.2, 0) is 11.2 Å². The van der Waals surface area contributed by atoms with Crippen molar-refractivity contribution in [1.29, 1.82) is 0 Å². The van der Waals surface area contributed by atoms with Crippen molar-refractivity contribution in [2.45, 2.75) is 6.42 Å². The fraction of sp³-hybridized carbons (Fsp3) is 0.111. The van der Waals surface area contributed by atoms with E-state index < -0.39 is 11.8 Å². The van der Waals surface area contributed by atoms with Crippen molar-refractivity contribution in [3.63, 3.8) is 0 Å². The van der Waals surface area contributed by atoms with Gasteiger partial charge in [0.2, 0.25) is 0 Å². The number of hydrogen-bond acceptors (Lipinski definition) is 2. The Hall–Kier alpha value is -1.91. The molecule has 0 amide bonds. The molecule has 0 unspecified atom stereocenters. The summed E-state index contributed by atoms with van der Waals surface area (Å²) in [6.45, 7) is 0. The van der Waals surface area contributed by atoms with Crippen LogP contribution in [0.4, 0.5) is 4.39 Å². The summed E-state index contributed by atoms with van der Waals surface area (Å²) < 4.78 is 14.6. The smallest absolute Gasteiger partial charge is 0.311 e. The van der Waals surface area contributed by atoms with Crippen LogP contribution in [0, 0.1) is 5.82 Å². The molecule has 2 aromatic rings. The highest BCUT2D eigenvalue weighted by Gasteiger charge is 2.09. The van der Waals surface area contributed by atoms with Crippen LogP contribution in [0.3, 0.4) is 0 Å². The SMILES string of the molecule is O=C(O)Cc1ncc2c(F)cccn12. The molecule has 14 heavy (non-hydrogen) atoms. The molecular weight excluding hydrogens is 187 g/mol. The van der Waals surface area contributed by atoms with E-state index in [1.54, 1.807) is 6.20 Å². The predicted octanol–water partition coefficient (Wildman–Crippen LogP) is 1.10. The maximum absolute atomic E-state index is 13.1. The van der Waals surface area contributed by atoms with E-state index in [0.717, 1.165) is 0 Å². The van der Waals surface area contributed by atoms with Crippen LogP contribution in [0.15, 0.2) is 24.5 Å². The molecule has 4 nitrogen and oxygen atoms in total. The van der Waals surface area contributed by atoms with Crippen LogP contribution >= 0.6 is 0 Å². The van der Waals surface area contributed by atoms with Crippen LogP contribution in [-0.4, -0.2) is 20.5 Å². The average Bonchev–Trinajstić information content (AvgIpc) is 2.49. The molecule has 0 bridgehead atoms. The number of fused-ring (bicyclic) bond motifs is 1. The highest BCUT2D eigenvalue weighted by Crippen LogP contribution is 2.11. The lowest BCUT2D eigenvalue weighted by Crippen LogP contribution is -2.04. The van der Waals surface area contributed by atoms with Crippen LogP contribution in [0.2, 0.25) is 0 Å². The van der Waals surface area contributed by atoms with Gasteiger partial charge in [0.15, 0.2) is 0 Å². The van der Waals surface area contributed by atoms with Crippen LogP contribution < -0.4 is 0 Å². The second-order valence-electron chi connectivity index (χ2n) is 2.86. The fourth-order valence-electron chi connectivity index (χ4n) is 1.31. The Morgan fingerprint density at radius 2 is 2.43 bits per heavy atom. The number of aromatic nitrogens is 2. The molecule has 0 aromatic carbocycles. The molecule has 0 aliphatic rings. The first kappa shape index (κ1) is 8.68. The monoisotopic (exact) mass is 194 g/mol. The lowest BCUT2D eigenvalue weighted by Gasteiger charge is -1.97. The molecule has 0 radical (unpaired) electrons. The second-order valence-corrected chi connectivity index (χ2v) is 2.86. The second kappa shape index (κ2) is 3.10. The molecule has 0 atom stereocenters. The van der Waals surface area contributed by atoms with Crippen LogP contribution in [0.25, 0.3) is 5.52 Å². The van der Waals surface area contributed by atoms with Crippen molar-refractivity contribution < 1.29 is 14.3 Å². The first-order valence-corrected chi connectivity index (χ1v) is 4.01. The van der Waals surface area contributed by atoms with E-state index in [1.807, 2.05) is 0 Å². The number of halogens is 1. The molecule has 0 saturated carbocycles. The van der Waals surface area contributed by atoms with Crippen LogP contribution in [0.1, 0.15) is 5.82 Å². The minimum Gasteiger partial charge on any atom is -0.481 e. The van der Waals surface area contributed by atoms with Gasteiger partial charge in [0.25, 0.3) is 0 Å². The summed E-state index contributed by atoms with van der Waals surface area (Å²) in [5, 5.41) is 8.57. The number of rotatable bonds is 2. The number of nitrogens with zero attached hydrogens (tertiary/aromatic N) is 2. The van der Waals surface area contributed by atoms with E-state index in [9.17, 15) is 9.18 Å². The third-order valence-electron chi connectivity index (χ3n) is 1.91. The molecular formula is C9H7FN2O2. The van der Waals surface area contributed by atoms with E-state index in [0.29, 0.717) is 11.3 Å². The van der Waals surface area contributed by atoms with E-state index >= 15 is 0 Å². The zero-order chi connectivity index (χ0) is 10.1. The van der Waals surface area contributed by atoms with Crippen molar-refractivity contribution in [2.75, 3.05) is 0 Å². The summed E-state index contributed by atoms with van der Waals surface area (Å²) in [7, 11) is 0. The Morgan fingerprint density at radius 3 is 3.14 bits per heavy atom. The number of carboxylic acids is 1. The first-order valence-electron chi connectivity index (χ1n) is 4.01. The van der Waals surface area contributed by atoms with Crippen molar-refractivity contribution in [2.24, 2.45) is 0 Å². The summed E-state index contributed by atoms with van der Waals surface area (Å²) in [6, 6.07) is 2.82. The summed E-state index contributed by atoms with van der Waals surface area (Å²) in [6.07, 6.45) is 2.70. The highest BCUT2D eigenvalue weighted by molar-refractivity contribution is 5.69. The summed E-state index contributed by atoms with van der Waals surface area (Å²) in [5.74, 6) is -1.06.